The van der Waals surface area contributed by atoms with Gasteiger partial charge in [-0.2, -0.15) is 0 Å². The third kappa shape index (κ3) is 6.18. The predicted molar refractivity (Wildman–Crippen MR) is 170 cm³/mol. The van der Waals surface area contributed by atoms with Gasteiger partial charge in [-0.3, -0.25) is 13.9 Å². The van der Waals surface area contributed by atoms with E-state index in [-0.39, 0.29) is 17.7 Å². The summed E-state index contributed by atoms with van der Waals surface area (Å²) in [6, 6.07) is 16.4. The maximum atomic E-state index is 14.6. The maximum absolute atomic E-state index is 14.6. The van der Waals surface area contributed by atoms with E-state index in [0.29, 0.717) is 33.4 Å². The number of hydrogen-bond donors (Lipinski definition) is 5. The number of aryl methyl sites for hydroxylation is 1. The van der Waals surface area contributed by atoms with Crippen molar-refractivity contribution in [3.05, 3.63) is 95.2 Å². The lowest BCUT2D eigenvalue weighted by atomic mass is 9.85. The fraction of sp³-hybridized carbons (Fsp3) is 0.273. The molecule has 2 heterocycles. The van der Waals surface area contributed by atoms with Gasteiger partial charge in [-0.1, -0.05) is 54.1 Å². The molecule has 46 heavy (non-hydrogen) atoms. The number of aliphatic carboxylic acids is 2. The number of anilines is 1. The van der Waals surface area contributed by atoms with Crippen LogP contribution in [0.3, 0.4) is 0 Å². The van der Waals surface area contributed by atoms with Gasteiger partial charge in [-0.15, -0.1) is 0 Å². The maximum Gasteiger partial charge on any atom is 0.326 e. The smallest absolute Gasteiger partial charge is 0.326 e. The van der Waals surface area contributed by atoms with Crippen molar-refractivity contribution in [1.29, 1.82) is 0 Å². The molecule has 0 saturated heterocycles. The highest BCUT2D eigenvalue weighted by atomic mass is 32.2. The summed E-state index contributed by atoms with van der Waals surface area (Å²) in [6.45, 7) is 4.24. The average molecular weight is 647 g/mol. The standard InChI is InChI=1S/C33H34N4O8S/c1-18-12-14-21(15-13-18)46(44,45)37-29-11-7-5-9-23(29)25(17-28(33(42)43)35-20(3)39)31(37)30-24(16-27(32(40)41)34-19(2)38)22-8-4-6-10-26(22)36-30/h4-15,25,27-28,31,36H,16-17H2,1-3H3,(H,34,38)(H,35,39)(H,40,41)(H,42,43)/t25-,27-,28-,31+/m0/s1. The number of carbonyl (C=O) groups is 4. The van der Waals surface area contributed by atoms with Crippen molar-refractivity contribution in [3.8, 4) is 0 Å². The lowest BCUT2D eigenvalue weighted by molar-refractivity contribution is -0.142. The largest absolute Gasteiger partial charge is 0.480 e. The second-order valence-corrected chi connectivity index (χ2v) is 13.2. The molecule has 1 aromatic heterocycles. The minimum Gasteiger partial charge on any atom is -0.480 e. The first kappa shape index (κ1) is 32.2. The number of sulfonamides is 1. The SMILES string of the molecule is CC(=O)N[C@@H](Cc1c([C@H]2[C@@H](C[C@H](NC(C)=O)C(=O)O)c3ccccc3N2S(=O)(=O)c2ccc(C)cc2)[nH]c2ccccc12)C(=O)O. The van der Waals surface area contributed by atoms with E-state index >= 15 is 0 Å². The van der Waals surface area contributed by atoms with Crippen LogP contribution in [0.15, 0.2) is 77.7 Å². The Bertz CT molecular complexity index is 1940. The molecule has 0 spiro atoms. The van der Waals surface area contributed by atoms with Crippen LogP contribution >= 0.6 is 0 Å². The van der Waals surface area contributed by atoms with Gasteiger partial charge >= 0.3 is 11.9 Å². The number of benzene rings is 3. The van der Waals surface area contributed by atoms with E-state index in [1.54, 1.807) is 60.7 Å². The summed E-state index contributed by atoms with van der Waals surface area (Å²) in [5.41, 5.74) is 3.12. The van der Waals surface area contributed by atoms with Gasteiger partial charge in [0, 0.05) is 42.8 Å². The topological polar surface area (TPSA) is 186 Å². The molecule has 5 N–H and O–H groups in total. The fourth-order valence-corrected chi connectivity index (χ4v) is 7.91. The Balaban J connectivity index is 1.79. The molecule has 1 aliphatic rings. The van der Waals surface area contributed by atoms with Crippen molar-refractivity contribution in [1.82, 2.24) is 15.6 Å². The molecule has 4 aromatic rings. The lowest BCUT2D eigenvalue weighted by Gasteiger charge is -2.31. The van der Waals surface area contributed by atoms with Crippen molar-refractivity contribution in [2.75, 3.05) is 4.31 Å². The number of carboxylic acid groups (broad SMARTS) is 2. The van der Waals surface area contributed by atoms with Crippen LogP contribution in [0.25, 0.3) is 10.9 Å². The number of para-hydroxylation sites is 2. The second kappa shape index (κ2) is 12.7. The molecule has 5 rings (SSSR count). The van der Waals surface area contributed by atoms with Crippen LogP contribution in [0.4, 0.5) is 5.69 Å². The molecule has 240 valence electrons. The van der Waals surface area contributed by atoms with Crippen molar-refractivity contribution < 1.29 is 37.8 Å². The van der Waals surface area contributed by atoms with E-state index in [1.165, 1.54) is 30.3 Å². The Morgan fingerprint density at radius 3 is 2.07 bits per heavy atom. The zero-order valence-corrected chi connectivity index (χ0v) is 26.2. The van der Waals surface area contributed by atoms with Crippen molar-refractivity contribution >= 4 is 50.4 Å². The van der Waals surface area contributed by atoms with Gasteiger partial charge in [0.05, 0.1) is 16.6 Å². The minimum absolute atomic E-state index is 0.00881. The zero-order chi connectivity index (χ0) is 33.3. The van der Waals surface area contributed by atoms with E-state index < -0.39 is 57.8 Å². The zero-order valence-electron chi connectivity index (χ0n) is 25.4. The second-order valence-electron chi connectivity index (χ2n) is 11.4. The van der Waals surface area contributed by atoms with Gasteiger partial charge in [0.15, 0.2) is 0 Å². The van der Waals surface area contributed by atoms with E-state index in [2.05, 4.69) is 15.6 Å². The molecule has 0 radical (unpaired) electrons. The highest BCUT2D eigenvalue weighted by Crippen LogP contribution is 2.54. The monoisotopic (exact) mass is 646 g/mol. The Labute approximate surface area is 265 Å². The normalized spacial score (nSPS) is 17.2. The number of aromatic nitrogens is 1. The Hall–Kier alpha value is -5.17. The summed E-state index contributed by atoms with van der Waals surface area (Å²) < 4.78 is 30.5. The van der Waals surface area contributed by atoms with Gasteiger partial charge in [-0.25, -0.2) is 18.0 Å². The van der Waals surface area contributed by atoms with E-state index in [9.17, 15) is 37.8 Å². The number of carbonyl (C=O) groups excluding carboxylic acids is 2. The molecule has 3 aromatic carbocycles. The summed E-state index contributed by atoms with van der Waals surface area (Å²) in [5.74, 6) is -4.49. The quantitative estimate of drug-likeness (QED) is 0.163. The Morgan fingerprint density at radius 1 is 0.848 bits per heavy atom. The highest BCUT2D eigenvalue weighted by molar-refractivity contribution is 7.92. The first-order chi connectivity index (χ1) is 21.8. The van der Waals surface area contributed by atoms with Crippen molar-refractivity contribution in [3.63, 3.8) is 0 Å². The van der Waals surface area contributed by atoms with Crippen LogP contribution in [0.1, 0.15) is 54.6 Å². The van der Waals surface area contributed by atoms with Crippen LogP contribution in [-0.4, -0.2) is 59.5 Å². The fourth-order valence-electron chi connectivity index (χ4n) is 6.23. The molecule has 12 nitrogen and oxygen atoms in total. The average Bonchev–Trinajstić information content (AvgIpc) is 3.52. The van der Waals surface area contributed by atoms with E-state index in [1.807, 2.05) is 6.92 Å². The number of aromatic amines is 1. The Kier molecular flexibility index (Phi) is 8.88. The third-order valence-corrected chi connectivity index (χ3v) is 9.99. The molecular formula is C33H34N4O8S. The van der Waals surface area contributed by atoms with Crippen LogP contribution < -0.4 is 14.9 Å². The molecule has 0 saturated carbocycles. The van der Waals surface area contributed by atoms with Gasteiger partial charge in [-0.05, 0) is 48.7 Å². The number of amides is 2. The predicted octanol–water partition coefficient (Wildman–Crippen LogP) is 3.62. The number of rotatable bonds is 11. The van der Waals surface area contributed by atoms with Crippen LogP contribution in [0.2, 0.25) is 0 Å². The van der Waals surface area contributed by atoms with Crippen molar-refractivity contribution in [2.24, 2.45) is 0 Å². The number of nitrogens with zero attached hydrogens (tertiary/aromatic N) is 1. The van der Waals surface area contributed by atoms with Crippen LogP contribution in [0, 0.1) is 6.92 Å². The molecular weight excluding hydrogens is 612 g/mol. The summed E-state index contributed by atoms with van der Waals surface area (Å²) in [4.78, 5) is 52.0. The summed E-state index contributed by atoms with van der Waals surface area (Å²) in [7, 11) is -4.30. The van der Waals surface area contributed by atoms with Gasteiger partial charge in [0.1, 0.15) is 12.1 Å². The first-order valence-electron chi connectivity index (χ1n) is 14.6. The number of fused-ring (bicyclic) bond motifs is 2. The molecule has 0 aliphatic carbocycles. The number of nitrogens with one attached hydrogen (secondary N) is 3. The number of hydrogen-bond acceptors (Lipinski definition) is 6. The summed E-state index contributed by atoms with van der Waals surface area (Å²) >= 11 is 0. The molecule has 13 heteroatoms. The summed E-state index contributed by atoms with van der Waals surface area (Å²) in [6.07, 6.45) is -0.375. The molecule has 1 aliphatic heterocycles. The Morgan fingerprint density at radius 2 is 1.43 bits per heavy atom. The van der Waals surface area contributed by atoms with E-state index in [0.717, 1.165) is 5.56 Å². The number of H-pyrrole nitrogens is 1. The molecule has 0 fully saturated rings. The van der Waals surface area contributed by atoms with Gasteiger partial charge < -0.3 is 25.8 Å². The minimum atomic E-state index is -4.30. The number of carboxylic acids is 2. The van der Waals surface area contributed by atoms with Crippen LogP contribution in [0.5, 0.6) is 0 Å². The lowest BCUT2D eigenvalue weighted by Crippen LogP contribution is -2.43. The van der Waals surface area contributed by atoms with E-state index in [4.69, 9.17) is 0 Å². The summed E-state index contributed by atoms with van der Waals surface area (Å²) in [5, 5.41) is 25.7. The highest BCUT2D eigenvalue weighted by Gasteiger charge is 2.48. The molecule has 4 atom stereocenters. The molecule has 2 amide bonds. The first-order valence-corrected chi connectivity index (χ1v) is 16.0. The van der Waals surface area contributed by atoms with Crippen LogP contribution in [-0.2, 0) is 35.6 Å². The molecule has 0 bridgehead atoms. The third-order valence-electron chi connectivity index (χ3n) is 8.18. The van der Waals surface area contributed by atoms with Crippen molar-refractivity contribution in [2.45, 2.75) is 62.6 Å². The molecule has 0 unspecified atom stereocenters. The van der Waals surface area contributed by atoms with Gasteiger partial charge in [0.2, 0.25) is 11.8 Å². The van der Waals surface area contributed by atoms with Gasteiger partial charge in [0.25, 0.3) is 10.0 Å².